The van der Waals surface area contributed by atoms with Crippen LogP contribution in [-0.4, -0.2) is 22.7 Å². The Kier molecular flexibility index (Phi) is 4.12. The van der Waals surface area contributed by atoms with E-state index in [0.717, 1.165) is 10.9 Å². The van der Waals surface area contributed by atoms with Crippen molar-refractivity contribution in [2.75, 3.05) is 6.54 Å². The second kappa shape index (κ2) is 6.22. The summed E-state index contributed by atoms with van der Waals surface area (Å²) in [7, 11) is 0. The van der Waals surface area contributed by atoms with Gasteiger partial charge < -0.3 is 19.9 Å². The average Bonchev–Trinajstić information content (AvgIpc) is 2.94. The van der Waals surface area contributed by atoms with Gasteiger partial charge in [-0.25, -0.2) is 0 Å². The van der Waals surface area contributed by atoms with Crippen molar-refractivity contribution in [3.05, 3.63) is 58.8 Å². The summed E-state index contributed by atoms with van der Waals surface area (Å²) in [6, 6.07) is 11.4. The third kappa shape index (κ3) is 3.40. The van der Waals surface area contributed by atoms with Crippen molar-refractivity contribution in [1.82, 2.24) is 5.32 Å². The van der Waals surface area contributed by atoms with E-state index in [0.29, 0.717) is 23.6 Å². The van der Waals surface area contributed by atoms with Gasteiger partial charge in [0.25, 0.3) is 5.91 Å². The lowest BCUT2D eigenvalue weighted by atomic mass is 10.1. The Balaban J connectivity index is 1.63. The van der Waals surface area contributed by atoms with Crippen LogP contribution in [0.2, 0.25) is 5.02 Å². The molecule has 0 atom stereocenters. The Morgan fingerprint density at radius 1 is 1.09 bits per heavy atom. The molecule has 0 radical (unpaired) electrons. The van der Waals surface area contributed by atoms with E-state index >= 15 is 0 Å². The van der Waals surface area contributed by atoms with E-state index in [9.17, 15) is 15.0 Å². The number of fused-ring (bicyclic) bond motifs is 1. The van der Waals surface area contributed by atoms with Crippen LogP contribution in [0.5, 0.6) is 11.5 Å². The van der Waals surface area contributed by atoms with Gasteiger partial charge in [0.15, 0.2) is 17.3 Å². The first kappa shape index (κ1) is 15.2. The van der Waals surface area contributed by atoms with E-state index in [4.69, 9.17) is 16.0 Å². The SMILES string of the molecule is O=C(NCCc1ccc(O)c(O)c1)c1cc2cc(Cl)ccc2o1. The summed E-state index contributed by atoms with van der Waals surface area (Å²) in [5.74, 6) is -0.446. The van der Waals surface area contributed by atoms with Crippen LogP contribution < -0.4 is 5.32 Å². The normalized spacial score (nSPS) is 10.8. The van der Waals surface area contributed by atoms with Crippen LogP contribution in [0, 0.1) is 0 Å². The van der Waals surface area contributed by atoms with E-state index in [1.165, 1.54) is 12.1 Å². The molecule has 0 aliphatic carbocycles. The van der Waals surface area contributed by atoms with Gasteiger partial charge in [-0.15, -0.1) is 0 Å². The zero-order valence-corrected chi connectivity index (χ0v) is 12.8. The summed E-state index contributed by atoms with van der Waals surface area (Å²) in [6.45, 7) is 0.376. The van der Waals surface area contributed by atoms with Gasteiger partial charge in [-0.3, -0.25) is 4.79 Å². The first-order chi connectivity index (χ1) is 11.0. The number of amides is 1. The molecule has 3 N–H and O–H groups in total. The van der Waals surface area contributed by atoms with Gasteiger partial charge in [0.1, 0.15) is 5.58 Å². The minimum atomic E-state index is -0.319. The van der Waals surface area contributed by atoms with Crippen LogP contribution in [0.25, 0.3) is 11.0 Å². The topological polar surface area (TPSA) is 82.7 Å². The third-order valence-electron chi connectivity index (χ3n) is 3.44. The number of benzene rings is 2. The molecule has 0 aliphatic heterocycles. The summed E-state index contributed by atoms with van der Waals surface area (Å²) >= 11 is 5.90. The van der Waals surface area contributed by atoms with Crippen molar-refractivity contribution in [2.45, 2.75) is 6.42 Å². The number of carbonyl (C=O) groups is 1. The van der Waals surface area contributed by atoms with Crippen molar-refractivity contribution in [3.8, 4) is 11.5 Å². The first-order valence-electron chi connectivity index (χ1n) is 7.01. The fourth-order valence-electron chi connectivity index (χ4n) is 2.26. The predicted octanol–water partition coefficient (Wildman–Crippen LogP) is 3.47. The van der Waals surface area contributed by atoms with Crippen LogP contribution in [0.15, 0.2) is 46.9 Å². The fraction of sp³-hybridized carbons (Fsp3) is 0.118. The number of aromatic hydroxyl groups is 2. The van der Waals surface area contributed by atoms with Gasteiger partial charge in [0.2, 0.25) is 0 Å². The molecule has 0 unspecified atom stereocenters. The number of phenolic OH excluding ortho intramolecular Hbond substituents is 2. The van der Waals surface area contributed by atoms with Crippen molar-refractivity contribution in [3.63, 3.8) is 0 Å². The molecule has 0 bridgehead atoms. The van der Waals surface area contributed by atoms with Crippen LogP contribution in [0.4, 0.5) is 0 Å². The summed E-state index contributed by atoms with van der Waals surface area (Å²) in [4.78, 5) is 12.1. The Labute approximate surface area is 137 Å². The highest BCUT2D eigenvalue weighted by Crippen LogP contribution is 2.25. The lowest BCUT2D eigenvalue weighted by molar-refractivity contribution is 0.0928. The van der Waals surface area contributed by atoms with Gasteiger partial charge in [-0.2, -0.15) is 0 Å². The van der Waals surface area contributed by atoms with Gasteiger partial charge in [0.05, 0.1) is 0 Å². The number of rotatable bonds is 4. The van der Waals surface area contributed by atoms with E-state index < -0.39 is 0 Å². The number of hydrogen-bond acceptors (Lipinski definition) is 4. The maximum Gasteiger partial charge on any atom is 0.287 e. The molecule has 1 amide bonds. The highest BCUT2D eigenvalue weighted by Gasteiger charge is 2.12. The summed E-state index contributed by atoms with van der Waals surface area (Å²) in [5.41, 5.74) is 1.40. The molecule has 0 aliphatic rings. The second-order valence-corrected chi connectivity index (χ2v) is 5.56. The Morgan fingerprint density at radius 2 is 1.91 bits per heavy atom. The zero-order valence-electron chi connectivity index (χ0n) is 12.0. The third-order valence-corrected chi connectivity index (χ3v) is 3.68. The van der Waals surface area contributed by atoms with Gasteiger partial charge in [-0.1, -0.05) is 17.7 Å². The molecular formula is C17H14ClNO4. The Hall–Kier alpha value is -2.66. The van der Waals surface area contributed by atoms with Gasteiger partial charge in [-0.05, 0) is 48.4 Å². The molecule has 0 saturated carbocycles. The van der Waals surface area contributed by atoms with E-state index in [1.54, 1.807) is 30.3 Å². The molecule has 0 fully saturated rings. The summed E-state index contributed by atoms with van der Waals surface area (Å²) < 4.78 is 5.48. The van der Waals surface area contributed by atoms with E-state index in [2.05, 4.69) is 5.32 Å². The molecule has 23 heavy (non-hydrogen) atoms. The lowest BCUT2D eigenvalue weighted by Gasteiger charge is -2.05. The average molecular weight is 332 g/mol. The zero-order chi connectivity index (χ0) is 16.4. The van der Waals surface area contributed by atoms with Crippen LogP contribution in [-0.2, 0) is 6.42 Å². The number of phenols is 2. The maximum absolute atomic E-state index is 12.1. The fourth-order valence-corrected chi connectivity index (χ4v) is 2.44. The van der Waals surface area contributed by atoms with Crippen LogP contribution >= 0.6 is 11.6 Å². The van der Waals surface area contributed by atoms with Crippen LogP contribution in [0.1, 0.15) is 16.1 Å². The minimum absolute atomic E-state index is 0.168. The molecule has 5 nitrogen and oxygen atoms in total. The summed E-state index contributed by atoms with van der Waals surface area (Å²) in [6.07, 6.45) is 0.519. The number of nitrogens with one attached hydrogen (secondary N) is 1. The molecular weight excluding hydrogens is 318 g/mol. The molecule has 1 heterocycles. The van der Waals surface area contributed by atoms with E-state index in [-0.39, 0.29) is 23.2 Å². The van der Waals surface area contributed by atoms with Crippen LogP contribution in [0.3, 0.4) is 0 Å². The molecule has 118 valence electrons. The minimum Gasteiger partial charge on any atom is -0.504 e. The van der Waals surface area contributed by atoms with E-state index in [1.807, 2.05) is 0 Å². The molecule has 6 heteroatoms. The van der Waals surface area contributed by atoms with Crippen molar-refractivity contribution < 1.29 is 19.4 Å². The lowest BCUT2D eigenvalue weighted by Crippen LogP contribution is -2.25. The molecule has 1 aromatic heterocycles. The molecule has 3 rings (SSSR count). The monoisotopic (exact) mass is 331 g/mol. The Bertz CT molecular complexity index is 872. The standard InChI is InChI=1S/C17H14ClNO4/c18-12-2-4-15-11(8-12)9-16(23-15)17(22)19-6-5-10-1-3-13(20)14(21)7-10/h1-4,7-9,20-21H,5-6H2,(H,19,22). The molecule has 2 aromatic carbocycles. The number of carbonyl (C=O) groups excluding carboxylic acids is 1. The molecule has 3 aromatic rings. The number of hydrogen-bond donors (Lipinski definition) is 3. The van der Waals surface area contributed by atoms with Crippen molar-refractivity contribution in [2.24, 2.45) is 0 Å². The number of furan rings is 1. The number of halogens is 1. The quantitative estimate of drug-likeness (QED) is 0.639. The van der Waals surface area contributed by atoms with Gasteiger partial charge >= 0.3 is 0 Å². The largest absolute Gasteiger partial charge is 0.504 e. The van der Waals surface area contributed by atoms with Gasteiger partial charge in [0, 0.05) is 17.0 Å². The highest BCUT2D eigenvalue weighted by molar-refractivity contribution is 6.31. The van der Waals surface area contributed by atoms with Crippen molar-refractivity contribution in [1.29, 1.82) is 0 Å². The second-order valence-electron chi connectivity index (χ2n) is 5.12. The highest BCUT2D eigenvalue weighted by atomic mass is 35.5. The molecule has 0 spiro atoms. The maximum atomic E-state index is 12.1. The summed E-state index contributed by atoms with van der Waals surface area (Å²) in [5, 5.41) is 22.8. The predicted molar refractivity (Wildman–Crippen MR) is 87.0 cm³/mol. The van der Waals surface area contributed by atoms with Crippen molar-refractivity contribution >= 4 is 28.5 Å². The smallest absolute Gasteiger partial charge is 0.287 e. The Morgan fingerprint density at radius 3 is 2.70 bits per heavy atom. The first-order valence-corrected chi connectivity index (χ1v) is 7.39. The molecule has 0 saturated heterocycles.